The van der Waals surface area contributed by atoms with E-state index in [4.69, 9.17) is 9.15 Å². The van der Waals surface area contributed by atoms with Crippen molar-refractivity contribution in [1.82, 2.24) is 4.98 Å². The van der Waals surface area contributed by atoms with Crippen molar-refractivity contribution in [3.05, 3.63) is 47.7 Å². The van der Waals surface area contributed by atoms with Crippen molar-refractivity contribution in [3.63, 3.8) is 0 Å². The molecule has 2 aromatic rings. The van der Waals surface area contributed by atoms with E-state index in [9.17, 15) is 0 Å². The highest BCUT2D eigenvalue weighted by Crippen LogP contribution is 2.13. The minimum absolute atomic E-state index is 0.449. The summed E-state index contributed by atoms with van der Waals surface area (Å²) in [6.45, 7) is 3.15. The van der Waals surface area contributed by atoms with Crippen LogP contribution in [0.5, 0.6) is 0 Å². The van der Waals surface area contributed by atoms with Gasteiger partial charge in [0.15, 0.2) is 12.2 Å². The molecule has 0 unspecified atom stereocenters. The van der Waals surface area contributed by atoms with Crippen molar-refractivity contribution >= 4 is 5.69 Å². The van der Waals surface area contributed by atoms with Crippen LogP contribution in [0.25, 0.3) is 0 Å². The molecule has 1 heterocycles. The molecule has 0 saturated carbocycles. The lowest BCUT2D eigenvalue weighted by Gasteiger charge is -2.06. The number of anilines is 1. The molecule has 17 heavy (non-hydrogen) atoms. The summed E-state index contributed by atoms with van der Waals surface area (Å²) in [5, 5.41) is 3.31. The van der Waals surface area contributed by atoms with Crippen molar-refractivity contribution < 1.29 is 9.15 Å². The number of rotatable bonds is 5. The first kappa shape index (κ1) is 11.7. The SMILES string of the molecule is COCc1ocnc1CNc1cccc(C)c1. The Kier molecular flexibility index (Phi) is 3.77. The number of hydrogen-bond donors (Lipinski definition) is 1. The van der Waals surface area contributed by atoms with E-state index in [2.05, 4.69) is 29.4 Å². The van der Waals surface area contributed by atoms with Gasteiger partial charge < -0.3 is 14.5 Å². The van der Waals surface area contributed by atoms with E-state index >= 15 is 0 Å². The van der Waals surface area contributed by atoms with Crippen molar-refractivity contribution in [2.75, 3.05) is 12.4 Å². The quantitative estimate of drug-likeness (QED) is 0.861. The van der Waals surface area contributed by atoms with Gasteiger partial charge >= 0.3 is 0 Å². The van der Waals surface area contributed by atoms with Crippen LogP contribution in [-0.2, 0) is 17.9 Å². The van der Waals surface area contributed by atoms with E-state index in [0.29, 0.717) is 13.2 Å². The van der Waals surface area contributed by atoms with Gasteiger partial charge in [0.05, 0.1) is 6.54 Å². The van der Waals surface area contributed by atoms with E-state index in [1.54, 1.807) is 7.11 Å². The van der Waals surface area contributed by atoms with Gasteiger partial charge in [0, 0.05) is 12.8 Å². The third-order valence-corrected chi connectivity index (χ3v) is 2.48. The Morgan fingerprint density at radius 2 is 2.29 bits per heavy atom. The van der Waals surface area contributed by atoms with Gasteiger partial charge in [-0.05, 0) is 24.6 Å². The molecule has 0 aliphatic heterocycles. The standard InChI is InChI=1S/C13H16N2O2/c1-10-4-3-5-11(6-10)14-7-12-13(8-16-2)17-9-15-12/h3-6,9,14H,7-8H2,1-2H3. The zero-order chi connectivity index (χ0) is 12.1. The van der Waals surface area contributed by atoms with E-state index in [1.807, 2.05) is 12.1 Å². The largest absolute Gasteiger partial charge is 0.446 e. The van der Waals surface area contributed by atoms with Crippen molar-refractivity contribution in [2.24, 2.45) is 0 Å². The predicted molar refractivity (Wildman–Crippen MR) is 65.7 cm³/mol. The second-order valence-corrected chi connectivity index (χ2v) is 3.88. The summed E-state index contributed by atoms with van der Waals surface area (Å²) in [4.78, 5) is 4.16. The van der Waals surface area contributed by atoms with Crippen LogP contribution in [0.4, 0.5) is 5.69 Å². The molecule has 0 saturated heterocycles. The summed E-state index contributed by atoms with van der Waals surface area (Å²) in [5.74, 6) is 0.771. The van der Waals surface area contributed by atoms with Gasteiger partial charge in [0.1, 0.15) is 12.3 Å². The fourth-order valence-electron chi connectivity index (χ4n) is 1.63. The maximum atomic E-state index is 5.24. The van der Waals surface area contributed by atoms with Crippen LogP contribution >= 0.6 is 0 Å². The van der Waals surface area contributed by atoms with E-state index in [1.165, 1.54) is 12.0 Å². The fourth-order valence-corrected chi connectivity index (χ4v) is 1.63. The third kappa shape index (κ3) is 3.07. The molecule has 0 spiro atoms. The Bertz CT molecular complexity index is 480. The van der Waals surface area contributed by atoms with Crippen molar-refractivity contribution in [3.8, 4) is 0 Å². The Morgan fingerprint density at radius 3 is 3.06 bits per heavy atom. The molecular weight excluding hydrogens is 216 g/mol. The monoisotopic (exact) mass is 232 g/mol. The molecule has 0 aliphatic rings. The van der Waals surface area contributed by atoms with Crippen LogP contribution in [0.2, 0.25) is 0 Å². The maximum absolute atomic E-state index is 5.24. The van der Waals surface area contributed by atoms with E-state index in [0.717, 1.165) is 17.1 Å². The Labute approximate surface area is 101 Å². The number of nitrogens with zero attached hydrogens (tertiary/aromatic N) is 1. The fraction of sp³-hybridized carbons (Fsp3) is 0.308. The Morgan fingerprint density at radius 1 is 1.41 bits per heavy atom. The molecule has 4 nitrogen and oxygen atoms in total. The highest BCUT2D eigenvalue weighted by atomic mass is 16.5. The number of methoxy groups -OCH3 is 1. The first-order chi connectivity index (χ1) is 8.29. The van der Waals surface area contributed by atoms with Crippen LogP contribution in [0.15, 0.2) is 35.1 Å². The minimum atomic E-state index is 0.449. The molecule has 1 N–H and O–H groups in total. The molecule has 0 atom stereocenters. The highest BCUT2D eigenvalue weighted by molar-refractivity contribution is 5.45. The molecule has 1 aromatic carbocycles. The summed E-state index contributed by atoms with van der Waals surface area (Å²) in [5.41, 5.74) is 3.19. The van der Waals surface area contributed by atoms with Gasteiger partial charge in [-0.1, -0.05) is 12.1 Å². The average Bonchev–Trinajstić information content (AvgIpc) is 2.75. The number of aryl methyl sites for hydroxylation is 1. The predicted octanol–water partition coefficient (Wildman–Crippen LogP) is 2.74. The topological polar surface area (TPSA) is 47.3 Å². The number of benzene rings is 1. The number of aromatic nitrogens is 1. The smallest absolute Gasteiger partial charge is 0.181 e. The van der Waals surface area contributed by atoms with Crippen LogP contribution < -0.4 is 5.32 Å². The van der Waals surface area contributed by atoms with E-state index < -0.39 is 0 Å². The summed E-state index contributed by atoms with van der Waals surface area (Å²) in [6.07, 6.45) is 1.45. The molecule has 0 bridgehead atoms. The summed E-state index contributed by atoms with van der Waals surface area (Å²) in [6, 6.07) is 8.22. The van der Waals surface area contributed by atoms with Crippen molar-refractivity contribution in [1.29, 1.82) is 0 Å². The minimum Gasteiger partial charge on any atom is -0.446 e. The number of ether oxygens (including phenoxy) is 1. The van der Waals surface area contributed by atoms with Crippen LogP contribution in [0.3, 0.4) is 0 Å². The van der Waals surface area contributed by atoms with Crippen LogP contribution in [-0.4, -0.2) is 12.1 Å². The van der Waals surface area contributed by atoms with Gasteiger partial charge in [0.2, 0.25) is 0 Å². The van der Waals surface area contributed by atoms with E-state index in [-0.39, 0.29) is 0 Å². The van der Waals surface area contributed by atoms with Crippen LogP contribution in [0.1, 0.15) is 17.0 Å². The van der Waals surface area contributed by atoms with Gasteiger partial charge in [-0.2, -0.15) is 0 Å². The first-order valence-electron chi connectivity index (χ1n) is 5.50. The van der Waals surface area contributed by atoms with Gasteiger partial charge in [-0.25, -0.2) is 4.98 Å². The van der Waals surface area contributed by atoms with Gasteiger partial charge in [-0.3, -0.25) is 0 Å². The van der Waals surface area contributed by atoms with Crippen LogP contribution in [0, 0.1) is 6.92 Å². The molecule has 1 aromatic heterocycles. The lowest BCUT2D eigenvalue weighted by molar-refractivity contribution is 0.163. The van der Waals surface area contributed by atoms with Crippen molar-refractivity contribution in [2.45, 2.75) is 20.1 Å². The zero-order valence-corrected chi connectivity index (χ0v) is 10.1. The average molecular weight is 232 g/mol. The number of nitrogens with one attached hydrogen (secondary N) is 1. The second-order valence-electron chi connectivity index (χ2n) is 3.88. The molecule has 4 heteroatoms. The van der Waals surface area contributed by atoms with Gasteiger partial charge in [-0.15, -0.1) is 0 Å². The summed E-state index contributed by atoms with van der Waals surface area (Å²) >= 11 is 0. The molecule has 0 aliphatic carbocycles. The Balaban J connectivity index is 1.99. The Hall–Kier alpha value is -1.81. The number of hydrogen-bond acceptors (Lipinski definition) is 4. The zero-order valence-electron chi connectivity index (χ0n) is 10.1. The molecular formula is C13H16N2O2. The first-order valence-corrected chi connectivity index (χ1v) is 5.50. The molecule has 2 rings (SSSR count). The molecule has 0 amide bonds. The molecule has 90 valence electrons. The molecule has 0 radical (unpaired) electrons. The number of oxazole rings is 1. The van der Waals surface area contributed by atoms with Gasteiger partial charge in [0.25, 0.3) is 0 Å². The normalized spacial score (nSPS) is 10.5. The third-order valence-electron chi connectivity index (χ3n) is 2.48. The lowest BCUT2D eigenvalue weighted by Crippen LogP contribution is -2.03. The maximum Gasteiger partial charge on any atom is 0.181 e. The second kappa shape index (κ2) is 5.50. The summed E-state index contributed by atoms with van der Waals surface area (Å²) in [7, 11) is 1.64. The highest BCUT2D eigenvalue weighted by Gasteiger charge is 2.07. The lowest BCUT2D eigenvalue weighted by atomic mass is 10.2. The summed E-state index contributed by atoms with van der Waals surface area (Å²) < 4.78 is 10.3. The molecule has 0 fully saturated rings.